The lowest BCUT2D eigenvalue weighted by atomic mass is 9.90. The predicted octanol–water partition coefficient (Wildman–Crippen LogP) is 1.74. The molecule has 0 bridgehead atoms. The Bertz CT molecular complexity index is 323. The van der Waals surface area contributed by atoms with Gasteiger partial charge in [-0.2, -0.15) is 0 Å². The summed E-state index contributed by atoms with van der Waals surface area (Å²) in [5.41, 5.74) is -1.24. The molecule has 1 aromatic heterocycles. The molecule has 0 spiro atoms. The minimum atomic E-state index is -1.24. The Hall–Kier alpha value is -0.580. The SMILES string of the molecule is CC(CO)(C(=O)O)c1ccc(Cl)s1. The molecule has 3 nitrogen and oxygen atoms in total. The first kappa shape index (κ1) is 10.5. The van der Waals surface area contributed by atoms with Crippen LogP contribution in [0.2, 0.25) is 4.34 Å². The van der Waals surface area contributed by atoms with Gasteiger partial charge in [0.05, 0.1) is 10.9 Å². The monoisotopic (exact) mass is 220 g/mol. The summed E-state index contributed by atoms with van der Waals surface area (Å²) in [4.78, 5) is 11.4. The lowest BCUT2D eigenvalue weighted by Crippen LogP contribution is -2.35. The average Bonchev–Trinajstić information content (AvgIpc) is 2.50. The fourth-order valence-electron chi connectivity index (χ4n) is 0.862. The van der Waals surface area contributed by atoms with Gasteiger partial charge in [0.15, 0.2) is 0 Å². The number of carbonyl (C=O) groups is 1. The van der Waals surface area contributed by atoms with Crippen molar-refractivity contribution in [3.05, 3.63) is 21.3 Å². The maximum absolute atomic E-state index is 10.9. The second-order valence-electron chi connectivity index (χ2n) is 2.90. The average molecular weight is 221 g/mol. The molecular formula is C8H9ClO3S. The first-order valence-electron chi connectivity index (χ1n) is 3.61. The number of hydrogen-bond acceptors (Lipinski definition) is 3. The van der Waals surface area contributed by atoms with Gasteiger partial charge in [0.1, 0.15) is 5.41 Å². The van der Waals surface area contributed by atoms with Crippen LogP contribution in [-0.4, -0.2) is 22.8 Å². The minimum absolute atomic E-state index is 0.431. The van der Waals surface area contributed by atoms with Gasteiger partial charge in [-0.05, 0) is 19.1 Å². The van der Waals surface area contributed by atoms with Gasteiger partial charge in [0, 0.05) is 4.88 Å². The van der Waals surface area contributed by atoms with Gasteiger partial charge in [0.2, 0.25) is 0 Å². The van der Waals surface area contributed by atoms with Crippen molar-refractivity contribution in [2.24, 2.45) is 0 Å². The highest BCUT2D eigenvalue weighted by Gasteiger charge is 2.35. The maximum atomic E-state index is 10.9. The molecule has 0 saturated heterocycles. The molecule has 1 heterocycles. The molecule has 2 N–H and O–H groups in total. The Labute approximate surface area is 84.6 Å². The van der Waals surface area contributed by atoms with Crippen LogP contribution in [0.5, 0.6) is 0 Å². The molecule has 0 aliphatic carbocycles. The van der Waals surface area contributed by atoms with Crippen molar-refractivity contribution in [1.82, 2.24) is 0 Å². The molecule has 1 rings (SSSR count). The smallest absolute Gasteiger partial charge is 0.317 e. The van der Waals surface area contributed by atoms with Crippen LogP contribution in [0.1, 0.15) is 11.8 Å². The van der Waals surface area contributed by atoms with Gasteiger partial charge in [-0.1, -0.05) is 11.6 Å². The van der Waals surface area contributed by atoms with E-state index in [2.05, 4.69) is 0 Å². The summed E-state index contributed by atoms with van der Waals surface area (Å²) in [5.74, 6) is -1.05. The van der Waals surface area contributed by atoms with Gasteiger partial charge in [0.25, 0.3) is 0 Å². The summed E-state index contributed by atoms with van der Waals surface area (Å²) in [6.07, 6.45) is 0. The van der Waals surface area contributed by atoms with E-state index in [-0.39, 0.29) is 0 Å². The third-order valence-corrected chi connectivity index (χ3v) is 3.40. The Morgan fingerprint density at radius 2 is 2.31 bits per heavy atom. The van der Waals surface area contributed by atoms with Crippen LogP contribution in [0, 0.1) is 0 Å². The largest absolute Gasteiger partial charge is 0.480 e. The van der Waals surface area contributed by atoms with E-state index in [0.29, 0.717) is 9.21 Å². The Morgan fingerprint density at radius 1 is 1.69 bits per heavy atom. The first-order chi connectivity index (χ1) is 6.00. The van der Waals surface area contributed by atoms with E-state index in [1.54, 1.807) is 12.1 Å². The Morgan fingerprint density at radius 3 is 2.62 bits per heavy atom. The molecule has 0 fully saturated rings. The molecule has 0 aliphatic rings. The third kappa shape index (κ3) is 1.85. The summed E-state index contributed by atoms with van der Waals surface area (Å²) in [7, 11) is 0. The number of aliphatic carboxylic acids is 1. The maximum Gasteiger partial charge on any atom is 0.317 e. The number of hydrogen-bond donors (Lipinski definition) is 2. The molecule has 0 amide bonds. The van der Waals surface area contributed by atoms with Crippen molar-refractivity contribution < 1.29 is 15.0 Å². The van der Waals surface area contributed by atoms with Crippen molar-refractivity contribution in [2.45, 2.75) is 12.3 Å². The van der Waals surface area contributed by atoms with Gasteiger partial charge in [-0.25, -0.2) is 0 Å². The highest BCUT2D eigenvalue weighted by molar-refractivity contribution is 7.16. The number of thiophene rings is 1. The zero-order chi connectivity index (χ0) is 10.1. The van der Waals surface area contributed by atoms with Crippen molar-refractivity contribution >= 4 is 28.9 Å². The summed E-state index contributed by atoms with van der Waals surface area (Å²) >= 11 is 6.84. The van der Waals surface area contributed by atoms with Crippen molar-refractivity contribution in [1.29, 1.82) is 0 Å². The summed E-state index contributed by atoms with van der Waals surface area (Å²) < 4.78 is 0.524. The summed E-state index contributed by atoms with van der Waals surface area (Å²) in [5, 5.41) is 17.9. The first-order valence-corrected chi connectivity index (χ1v) is 4.80. The fraction of sp³-hybridized carbons (Fsp3) is 0.375. The molecule has 0 aliphatic heterocycles. The minimum Gasteiger partial charge on any atom is -0.480 e. The second kappa shape index (κ2) is 3.65. The number of carboxylic acid groups (broad SMARTS) is 1. The van der Waals surface area contributed by atoms with Crippen LogP contribution >= 0.6 is 22.9 Å². The molecule has 0 saturated carbocycles. The van der Waals surface area contributed by atoms with Gasteiger partial charge >= 0.3 is 5.97 Å². The molecular weight excluding hydrogens is 212 g/mol. The lowest BCUT2D eigenvalue weighted by Gasteiger charge is -2.19. The summed E-state index contributed by atoms with van der Waals surface area (Å²) in [6.45, 7) is 1.04. The number of aliphatic hydroxyl groups is 1. The fourth-order valence-corrected chi connectivity index (χ4v) is 2.03. The molecule has 1 unspecified atom stereocenters. The molecule has 5 heteroatoms. The van der Waals surface area contributed by atoms with Crippen LogP contribution in [-0.2, 0) is 10.2 Å². The van der Waals surface area contributed by atoms with Gasteiger partial charge in [-0.15, -0.1) is 11.3 Å². The van der Waals surface area contributed by atoms with E-state index in [0.717, 1.165) is 0 Å². The Balaban J connectivity index is 3.09. The standard InChI is InChI=1S/C8H9ClO3S/c1-8(4-10,7(11)12)5-2-3-6(9)13-5/h2-3,10H,4H2,1H3,(H,11,12). The predicted molar refractivity (Wildman–Crippen MR) is 51.4 cm³/mol. The molecule has 1 atom stereocenters. The van der Waals surface area contributed by atoms with E-state index in [1.807, 2.05) is 0 Å². The summed E-state index contributed by atoms with van der Waals surface area (Å²) in [6, 6.07) is 3.25. The molecule has 1 aromatic rings. The number of rotatable bonds is 3. The Kier molecular flexibility index (Phi) is 2.95. The van der Waals surface area contributed by atoms with Crippen LogP contribution < -0.4 is 0 Å². The topological polar surface area (TPSA) is 57.5 Å². The van der Waals surface area contributed by atoms with Crippen LogP contribution in [0.15, 0.2) is 12.1 Å². The second-order valence-corrected chi connectivity index (χ2v) is 4.61. The molecule has 0 aromatic carbocycles. The van der Waals surface area contributed by atoms with E-state index in [9.17, 15) is 4.79 Å². The van der Waals surface area contributed by atoms with Crippen LogP contribution in [0.25, 0.3) is 0 Å². The highest BCUT2D eigenvalue weighted by Crippen LogP contribution is 2.32. The van der Waals surface area contributed by atoms with Crippen LogP contribution in [0.3, 0.4) is 0 Å². The number of carboxylic acids is 1. The highest BCUT2D eigenvalue weighted by atomic mass is 35.5. The zero-order valence-electron chi connectivity index (χ0n) is 6.95. The molecule has 72 valence electrons. The zero-order valence-corrected chi connectivity index (χ0v) is 8.52. The molecule has 0 radical (unpaired) electrons. The van der Waals surface area contributed by atoms with Gasteiger partial charge < -0.3 is 10.2 Å². The van der Waals surface area contributed by atoms with E-state index < -0.39 is 18.0 Å². The van der Waals surface area contributed by atoms with Gasteiger partial charge in [-0.3, -0.25) is 4.79 Å². The third-order valence-electron chi connectivity index (χ3n) is 1.91. The quantitative estimate of drug-likeness (QED) is 0.816. The number of aliphatic hydroxyl groups excluding tert-OH is 1. The van der Waals surface area contributed by atoms with Crippen molar-refractivity contribution in [3.8, 4) is 0 Å². The van der Waals surface area contributed by atoms with E-state index >= 15 is 0 Å². The van der Waals surface area contributed by atoms with E-state index in [1.165, 1.54) is 18.3 Å². The van der Waals surface area contributed by atoms with Crippen LogP contribution in [0.4, 0.5) is 0 Å². The van der Waals surface area contributed by atoms with Crippen molar-refractivity contribution in [2.75, 3.05) is 6.61 Å². The van der Waals surface area contributed by atoms with E-state index in [4.69, 9.17) is 21.8 Å². The lowest BCUT2D eigenvalue weighted by molar-refractivity contribution is -0.144. The van der Waals surface area contributed by atoms with Crippen molar-refractivity contribution in [3.63, 3.8) is 0 Å². The normalized spacial score (nSPS) is 15.3. The number of halogens is 1. The molecule has 13 heavy (non-hydrogen) atoms.